The Morgan fingerprint density at radius 3 is 2.26 bits per heavy atom. The molecule has 1 atom stereocenters. The maximum absolute atomic E-state index is 13.0. The van der Waals surface area contributed by atoms with E-state index >= 15 is 0 Å². The van der Waals surface area contributed by atoms with Crippen LogP contribution in [0.4, 0.5) is 0 Å². The zero-order valence-electron chi connectivity index (χ0n) is 15.5. The minimum Gasteiger partial charge on any atom is -0.480 e. The van der Waals surface area contributed by atoms with Gasteiger partial charge in [-0.25, -0.2) is 13.2 Å². The Hall–Kier alpha value is -2.67. The number of carbonyl (C=O) groups is 2. The Morgan fingerprint density at radius 1 is 1.11 bits per heavy atom. The number of carboxylic acid groups (broad SMARTS) is 1. The van der Waals surface area contributed by atoms with Crippen molar-refractivity contribution in [2.75, 3.05) is 13.3 Å². The van der Waals surface area contributed by atoms with Crippen LogP contribution in [0.3, 0.4) is 0 Å². The largest absolute Gasteiger partial charge is 0.480 e. The topological polar surface area (TPSA) is 91.8 Å². The average molecular weight is 389 g/mol. The molecule has 2 aromatic rings. The number of aryl methyl sites for hydroxylation is 1. The number of sulfone groups is 1. The van der Waals surface area contributed by atoms with Crippen molar-refractivity contribution in [3.05, 3.63) is 65.2 Å². The fraction of sp³-hybridized carbons (Fsp3) is 0.300. The van der Waals surface area contributed by atoms with E-state index in [-0.39, 0.29) is 16.9 Å². The van der Waals surface area contributed by atoms with E-state index in [2.05, 4.69) is 0 Å². The van der Waals surface area contributed by atoms with Gasteiger partial charge < -0.3 is 10.0 Å². The van der Waals surface area contributed by atoms with Gasteiger partial charge in [-0.1, -0.05) is 43.3 Å². The summed E-state index contributed by atoms with van der Waals surface area (Å²) in [5.41, 5.74) is 1.68. The Kier molecular flexibility index (Phi) is 6.38. The van der Waals surface area contributed by atoms with Gasteiger partial charge in [0.15, 0.2) is 9.84 Å². The number of aliphatic carboxylic acids is 1. The third-order valence-corrected chi connectivity index (χ3v) is 5.58. The van der Waals surface area contributed by atoms with Crippen molar-refractivity contribution in [1.29, 1.82) is 0 Å². The molecule has 1 N–H and O–H groups in total. The molecule has 1 amide bonds. The smallest absolute Gasteiger partial charge is 0.326 e. The maximum Gasteiger partial charge on any atom is 0.326 e. The first-order valence-electron chi connectivity index (χ1n) is 8.52. The summed E-state index contributed by atoms with van der Waals surface area (Å²) in [6.45, 7) is 1.85. The van der Waals surface area contributed by atoms with E-state index in [0.29, 0.717) is 12.0 Å². The minimum atomic E-state index is -3.48. The summed E-state index contributed by atoms with van der Waals surface area (Å²) in [7, 11) is -2.05. The van der Waals surface area contributed by atoms with Crippen molar-refractivity contribution >= 4 is 21.7 Å². The van der Waals surface area contributed by atoms with E-state index in [9.17, 15) is 23.1 Å². The molecule has 6 nitrogen and oxygen atoms in total. The highest BCUT2D eigenvalue weighted by Gasteiger charge is 2.29. The molecule has 0 aliphatic carbocycles. The van der Waals surface area contributed by atoms with Crippen LogP contribution in [0.2, 0.25) is 0 Å². The highest BCUT2D eigenvalue weighted by atomic mass is 32.2. The molecule has 1 unspecified atom stereocenters. The summed E-state index contributed by atoms with van der Waals surface area (Å²) in [5, 5.41) is 9.62. The van der Waals surface area contributed by atoms with E-state index in [0.717, 1.165) is 16.7 Å². The van der Waals surface area contributed by atoms with Crippen molar-refractivity contribution in [3.8, 4) is 0 Å². The van der Waals surface area contributed by atoms with Crippen molar-refractivity contribution in [2.45, 2.75) is 30.7 Å². The van der Waals surface area contributed by atoms with E-state index in [1.807, 2.05) is 13.0 Å². The lowest BCUT2D eigenvalue weighted by Gasteiger charge is -2.26. The number of amides is 1. The fourth-order valence-corrected chi connectivity index (χ4v) is 3.50. The first-order valence-corrected chi connectivity index (χ1v) is 10.4. The molecule has 0 bridgehead atoms. The Morgan fingerprint density at radius 2 is 1.74 bits per heavy atom. The second-order valence-electron chi connectivity index (χ2n) is 6.40. The number of rotatable bonds is 7. The molecular weight excluding hydrogens is 366 g/mol. The molecule has 0 radical (unpaired) electrons. The number of hydrogen-bond donors (Lipinski definition) is 1. The Balaban J connectivity index is 2.40. The molecule has 0 saturated heterocycles. The molecule has 0 fully saturated rings. The normalized spacial score (nSPS) is 12.4. The quantitative estimate of drug-likeness (QED) is 0.785. The summed E-state index contributed by atoms with van der Waals surface area (Å²) in [6, 6.07) is 12.4. The van der Waals surface area contributed by atoms with E-state index in [1.54, 1.807) is 30.3 Å². The van der Waals surface area contributed by atoms with Gasteiger partial charge in [-0.3, -0.25) is 4.79 Å². The van der Waals surface area contributed by atoms with Gasteiger partial charge >= 0.3 is 5.97 Å². The molecule has 144 valence electrons. The zero-order valence-corrected chi connectivity index (χ0v) is 16.4. The van der Waals surface area contributed by atoms with Crippen LogP contribution in [0.1, 0.15) is 28.4 Å². The van der Waals surface area contributed by atoms with Crippen LogP contribution >= 0.6 is 0 Å². The lowest BCUT2D eigenvalue weighted by molar-refractivity contribution is -0.141. The highest BCUT2D eigenvalue weighted by molar-refractivity contribution is 7.90. The van der Waals surface area contributed by atoms with Gasteiger partial charge in [0.2, 0.25) is 0 Å². The molecule has 2 rings (SSSR count). The van der Waals surface area contributed by atoms with Gasteiger partial charge in [-0.05, 0) is 29.7 Å². The summed E-state index contributed by atoms with van der Waals surface area (Å²) >= 11 is 0. The van der Waals surface area contributed by atoms with Crippen molar-refractivity contribution in [1.82, 2.24) is 4.90 Å². The van der Waals surface area contributed by atoms with E-state index < -0.39 is 27.8 Å². The molecule has 2 aromatic carbocycles. The first-order chi connectivity index (χ1) is 12.6. The predicted octanol–water partition coefficient (Wildman–Crippen LogP) is 2.42. The van der Waals surface area contributed by atoms with Crippen LogP contribution in [0.25, 0.3) is 0 Å². The molecule has 0 spiro atoms. The number of nitrogens with zero attached hydrogens (tertiary/aromatic N) is 1. The van der Waals surface area contributed by atoms with Crippen LogP contribution in [0.5, 0.6) is 0 Å². The summed E-state index contributed by atoms with van der Waals surface area (Å²) < 4.78 is 23.7. The second-order valence-corrected chi connectivity index (χ2v) is 8.42. The highest BCUT2D eigenvalue weighted by Crippen LogP contribution is 2.20. The Labute approximate surface area is 159 Å². The van der Waals surface area contributed by atoms with Crippen LogP contribution in [-0.4, -0.2) is 49.6 Å². The lowest BCUT2D eigenvalue weighted by Crippen LogP contribution is -2.44. The fourth-order valence-electron chi connectivity index (χ4n) is 2.85. The van der Waals surface area contributed by atoms with Gasteiger partial charge in [0, 0.05) is 25.3 Å². The van der Waals surface area contributed by atoms with Gasteiger partial charge in [0.1, 0.15) is 6.04 Å². The summed E-state index contributed by atoms with van der Waals surface area (Å²) in [6.07, 6.45) is 1.75. The van der Waals surface area contributed by atoms with Gasteiger partial charge in [0.05, 0.1) is 4.90 Å². The maximum atomic E-state index is 13.0. The minimum absolute atomic E-state index is 0.0337. The molecule has 0 heterocycles. The SMILES string of the molecule is CCc1ccc(S(C)(=O)=O)cc1C(=O)N(C)C(Cc1ccccc1)C(=O)O. The lowest BCUT2D eigenvalue weighted by atomic mass is 10.0. The van der Waals surface area contributed by atoms with Crippen LogP contribution in [0.15, 0.2) is 53.4 Å². The first kappa shape index (κ1) is 20.6. The molecule has 7 heteroatoms. The Bertz CT molecular complexity index is 938. The van der Waals surface area contributed by atoms with Crippen molar-refractivity contribution in [2.24, 2.45) is 0 Å². The molecule has 0 aromatic heterocycles. The van der Waals surface area contributed by atoms with Gasteiger partial charge in [-0.2, -0.15) is 0 Å². The van der Waals surface area contributed by atoms with Crippen molar-refractivity contribution < 1.29 is 23.1 Å². The van der Waals surface area contributed by atoms with Crippen LogP contribution < -0.4 is 0 Å². The number of carboxylic acids is 1. The number of likely N-dealkylation sites (N-methyl/N-ethyl adjacent to an activating group) is 1. The third kappa shape index (κ3) is 4.95. The van der Waals surface area contributed by atoms with Crippen LogP contribution in [0, 0.1) is 0 Å². The summed E-state index contributed by atoms with van der Waals surface area (Å²) in [5.74, 6) is -1.63. The number of carbonyl (C=O) groups excluding carboxylic acids is 1. The molecular formula is C20H23NO5S. The third-order valence-electron chi connectivity index (χ3n) is 4.47. The van der Waals surface area contributed by atoms with Gasteiger partial charge in [0.25, 0.3) is 5.91 Å². The second kappa shape index (κ2) is 8.35. The number of benzene rings is 2. The molecule has 27 heavy (non-hydrogen) atoms. The molecule has 0 aliphatic heterocycles. The monoisotopic (exact) mass is 389 g/mol. The molecule has 0 aliphatic rings. The van der Waals surface area contributed by atoms with E-state index in [1.165, 1.54) is 19.2 Å². The molecule has 0 saturated carbocycles. The van der Waals surface area contributed by atoms with Gasteiger partial charge in [-0.15, -0.1) is 0 Å². The predicted molar refractivity (Wildman–Crippen MR) is 103 cm³/mol. The van der Waals surface area contributed by atoms with Crippen LogP contribution in [-0.2, 0) is 27.5 Å². The standard InChI is InChI=1S/C20H23NO5S/c1-4-15-10-11-16(27(3,25)26)13-17(15)19(22)21(2)18(20(23)24)12-14-8-6-5-7-9-14/h5-11,13,18H,4,12H2,1-3H3,(H,23,24). The summed E-state index contributed by atoms with van der Waals surface area (Å²) in [4.78, 5) is 26.0. The van der Waals surface area contributed by atoms with Crippen molar-refractivity contribution in [3.63, 3.8) is 0 Å². The zero-order chi connectivity index (χ0) is 20.2. The average Bonchev–Trinajstić information content (AvgIpc) is 2.64. The van der Waals surface area contributed by atoms with E-state index in [4.69, 9.17) is 0 Å². The number of hydrogen-bond acceptors (Lipinski definition) is 4.